The molecular weight excluding hydrogens is 278 g/mol. The molecule has 0 N–H and O–H groups in total. The number of rotatable bonds is 5. The van der Waals surface area contributed by atoms with Gasteiger partial charge in [0, 0.05) is 11.8 Å². The Morgan fingerprint density at radius 2 is 1.61 bits per heavy atom. The summed E-state index contributed by atoms with van der Waals surface area (Å²) in [4.78, 5) is 4.69. The minimum absolute atomic E-state index is 0.453. The second-order valence-corrected chi connectivity index (χ2v) is 6.27. The van der Waals surface area contributed by atoms with Crippen LogP contribution in [0.15, 0.2) is 59.1 Å². The van der Waals surface area contributed by atoms with Gasteiger partial charge in [0.05, 0.1) is 5.70 Å². The molecule has 0 spiro atoms. The molecule has 0 aliphatic carbocycles. The lowest BCUT2D eigenvalue weighted by atomic mass is 9.89. The van der Waals surface area contributed by atoms with Gasteiger partial charge in [-0.25, -0.2) is 0 Å². The predicted octanol–water partition coefficient (Wildman–Crippen LogP) is 6.00. The van der Waals surface area contributed by atoms with Gasteiger partial charge in [0.1, 0.15) is 0 Å². The first-order valence-electron chi connectivity index (χ1n) is 8.34. The number of aliphatic imine (C=N–C) groups is 1. The van der Waals surface area contributed by atoms with Crippen molar-refractivity contribution in [2.45, 2.75) is 41.0 Å². The van der Waals surface area contributed by atoms with Crippen molar-refractivity contribution in [3.8, 4) is 0 Å². The van der Waals surface area contributed by atoms with Crippen molar-refractivity contribution in [3.63, 3.8) is 0 Å². The van der Waals surface area contributed by atoms with Gasteiger partial charge in [-0.15, -0.1) is 0 Å². The van der Waals surface area contributed by atoms with Gasteiger partial charge in [0.2, 0.25) is 0 Å². The van der Waals surface area contributed by atoms with Crippen LogP contribution in [-0.2, 0) is 6.42 Å². The van der Waals surface area contributed by atoms with Gasteiger partial charge in [-0.3, -0.25) is 4.99 Å². The molecule has 1 unspecified atom stereocenters. The molecule has 1 nitrogen and oxygen atoms in total. The standard InChI is InChI=1S/C22H27N/c1-6-23-22(21-14-10-8-12-17(21)3)19(5)18(4)15-20-13-9-7-11-16(20)2/h6-14,18H,15H2,1-5H3/b22-19-,23-6?. The zero-order valence-corrected chi connectivity index (χ0v) is 14.9. The topological polar surface area (TPSA) is 12.4 Å². The summed E-state index contributed by atoms with van der Waals surface area (Å²) in [6.07, 6.45) is 2.94. The van der Waals surface area contributed by atoms with E-state index >= 15 is 0 Å². The first-order valence-corrected chi connectivity index (χ1v) is 8.34. The van der Waals surface area contributed by atoms with Crippen LogP contribution in [0.2, 0.25) is 0 Å². The Hall–Kier alpha value is -2.15. The lowest BCUT2D eigenvalue weighted by Crippen LogP contribution is -2.05. The molecule has 0 heterocycles. The highest BCUT2D eigenvalue weighted by Gasteiger charge is 2.14. The van der Waals surface area contributed by atoms with E-state index in [9.17, 15) is 0 Å². The van der Waals surface area contributed by atoms with E-state index in [1.54, 1.807) is 0 Å². The lowest BCUT2D eigenvalue weighted by molar-refractivity contribution is 0.676. The van der Waals surface area contributed by atoms with Crippen molar-refractivity contribution in [1.29, 1.82) is 0 Å². The monoisotopic (exact) mass is 305 g/mol. The highest BCUT2D eigenvalue weighted by atomic mass is 14.7. The Kier molecular flexibility index (Phi) is 5.92. The molecule has 2 aromatic rings. The average molecular weight is 305 g/mol. The number of aryl methyl sites for hydroxylation is 2. The van der Waals surface area contributed by atoms with E-state index in [1.165, 1.54) is 27.8 Å². The van der Waals surface area contributed by atoms with Crippen molar-refractivity contribution in [3.05, 3.63) is 76.4 Å². The van der Waals surface area contributed by atoms with Crippen LogP contribution in [0.3, 0.4) is 0 Å². The van der Waals surface area contributed by atoms with E-state index < -0.39 is 0 Å². The summed E-state index contributed by atoms with van der Waals surface area (Å²) in [6.45, 7) is 10.8. The smallest absolute Gasteiger partial charge is 0.0692 e. The molecule has 0 aliphatic rings. The van der Waals surface area contributed by atoms with Gasteiger partial charge in [0.15, 0.2) is 0 Å². The Labute approximate surface area is 140 Å². The lowest BCUT2D eigenvalue weighted by Gasteiger charge is -2.18. The van der Waals surface area contributed by atoms with Crippen LogP contribution in [0.1, 0.15) is 43.0 Å². The summed E-state index contributed by atoms with van der Waals surface area (Å²) < 4.78 is 0. The van der Waals surface area contributed by atoms with Crippen molar-refractivity contribution in [2.75, 3.05) is 0 Å². The molecule has 1 heteroatoms. The summed E-state index contributed by atoms with van der Waals surface area (Å²) >= 11 is 0. The quantitative estimate of drug-likeness (QED) is 0.600. The van der Waals surface area contributed by atoms with Gasteiger partial charge in [0.25, 0.3) is 0 Å². The maximum absolute atomic E-state index is 4.69. The minimum Gasteiger partial charge on any atom is -0.261 e. The third-order valence-corrected chi connectivity index (χ3v) is 4.56. The summed E-state index contributed by atoms with van der Waals surface area (Å²) in [7, 11) is 0. The maximum Gasteiger partial charge on any atom is 0.0692 e. The highest BCUT2D eigenvalue weighted by molar-refractivity contribution is 5.76. The zero-order chi connectivity index (χ0) is 16.8. The summed E-state index contributed by atoms with van der Waals surface area (Å²) in [5.41, 5.74) is 7.76. The van der Waals surface area contributed by atoms with Crippen LogP contribution in [0, 0.1) is 19.8 Å². The van der Waals surface area contributed by atoms with E-state index in [1.807, 2.05) is 13.1 Å². The van der Waals surface area contributed by atoms with E-state index in [0.717, 1.165) is 12.1 Å². The van der Waals surface area contributed by atoms with Gasteiger partial charge >= 0.3 is 0 Å². The number of benzene rings is 2. The molecule has 0 amide bonds. The molecule has 0 fully saturated rings. The van der Waals surface area contributed by atoms with Crippen LogP contribution >= 0.6 is 0 Å². The van der Waals surface area contributed by atoms with Gasteiger partial charge < -0.3 is 0 Å². The van der Waals surface area contributed by atoms with Crippen LogP contribution in [0.25, 0.3) is 5.70 Å². The molecule has 0 bridgehead atoms. The van der Waals surface area contributed by atoms with Crippen molar-refractivity contribution < 1.29 is 0 Å². The fourth-order valence-corrected chi connectivity index (χ4v) is 2.91. The molecule has 2 rings (SSSR count). The first kappa shape index (κ1) is 17.2. The molecule has 0 aliphatic heterocycles. The van der Waals surface area contributed by atoms with Crippen LogP contribution in [0.5, 0.6) is 0 Å². The van der Waals surface area contributed by atoms with Crippen LogP contribution in [0.4, 0.5) is 0 Å². The fourth-order valence-electron chi connectivity index (χ4n) is 2.91. The van der Waals surface area contributed by atoms with Gasteiger partial charge in [-0.05, 0) is 62.3 Å². The Morgan fingerprint density at radius 3 is 2.22 bits per heavy atom. The number of hydrogen-bond donors (Lipinski definition) is 0. The van der Waals surface area contributed by atoms with Gasteiger partial charge in [-0.2, -0.15) is 0 Å². The van der Waals surface area contributed by atoms with Crippen LogP contribution in [-0.4, -0.2) is 6.21 Å². The third kappa shape index (κ3) is 4.19. The molecule has 0 saturated heterocycles. The predicted molar refractivity (Wildman–Crippen MR) is 102 cm³/mol. The molecule has 0 saturated carbocycles. The Bertz CT molecular complexity index is 722. The molecule has 2 aromatic carbocycles. The minimum atomic E-state index is 0.453. The second kappa shape index (κ2) is 7.92. The summed E-state index contributed by atoms with van der Waals surface area (Å²) in [5, 5.41) is 0. The summed E-state index contributed by atoms with van der Waals surface area (Å²) in [6, 6.07) is 17.1. The summed E-state index contributed by atoms with van der Waals surface area (Å²) in [5.74, 6) is 0.453. The Balaban J connectivity index is 2.39. The SMILES string of the molecule is CC=N/C(=C(/C)C(C)Cc1ccccc1C)c1ccccc1C. The van der Waals surface area contributed by atoms with Gasteiger partial charge in [-0.1, -0.05) is 55.5 Å². The largest absolute Gasteiger partial charge is 0.261 e. The second-order valence-electron chi connectivity index (χ2n) is 6.27. The zero-order valence-electron chi connectivity index (χ0n) is 14.9. The average Bonchev–Trinajstić information content (AvgIpc) is 2.55. The number of allylic oxidation sites excluding steroid dienone is 1. The van der Waals surface area contributed by atoms with E-state index in [4.69, 9.17) is 4.99 Å². The van der Waals surface area contributed by atoms with E-state index in [0.29, 0.717) is 5.92 Å². The number of hydrogen-bond acceptors (Lipinski definition) is 1. The third-order valence-electron chi connectivity index (χ3n) is 4.56. The fraction of sp³-hybridized carbons (Fsp3) is 0.318. The molecule has 120 valence electrons. The van der Waals surface area contributed by atoms with Crippen molar-refractivity contribution >= 4 is 11.9 Å². The Morgan fingerprint density at radius 1 is 1.00 bits per heavy atom. The normalized spacial score (nSPS) is 14.0. The van der Waals surface area contributed by atoms with Crippen LogP contribution < -0.4 is 0 Å². The maximum atomic E-state index is 4.69. The van der Waals surface area contributed by atoms with E-state index in [2.05, 4.69) is 76.2 Å². The first-order chi connectivity index (χ1) is 11.0. The van der Waals surface area contributed by atoms with E-state index in [-0.39, 0.29) is 0 Å². The number of nitrogens with zero attached hydrogens (tertiary/aromatic N) is 1. The molecule has 0 radical (unpaired) electrons. The van der Waals surface area contributed by atoms with Crippen molar-refractivity contribution in [2.24, 2.45) is 10.9 Å². The molecule has 23 heavy (non-hydrogen) atoms. The van der Waals surface area contributed by atoms with Crippen molar-refractivity contribution in [1.82, 2.24) is 0 Å². The molecule has 0 aromatic heterocycles. The highest BCUT2D eigenvalue weighted by Crippen LogP contribution is 2.29. The molecule has 1 atom stereocenters. The molecular formula is C22H27N.